The smallest absolute Gasteiger partial charge is 0.315 e. The summed E-state index contributed by atoms with van der Waals surface area (Å²) in [5.41, 5.74) is 2.29. The van der Waals surface area contributed by atoms with Crippen LogP contribution in [0.1, 0.15) is 31.2 Å². The van der Waals surface area contributed by atoms with Gasteiger partial charge in [-0.1, -0.05) is 23.8 Å². The van der Waals surface area contributed by atoms with Crippen molar-refractivity contribution in [2.75, 3.05) is 12.8 Å². The van der Waals surface area contributed by atoms with E-state index in [1.807, 2.05) is 0 Å². The van der Waals surface area contributed by atoms with Crippen molar-refractivity contribution in [3.63, 3.8) is 0 Å². The van der Waals surface area contributed by atoms with Crippen LogP contribution in [0.2, 0.25) is 0 Å². The fraction of sp³-hybridized carbons (Fsp3) is 0.438. The highest BCUT2D eigenvalue weighted by molar-refractivity contribution is 7.90. The van der Waals surface area contributed by atoms with Gasteiger partial charge >= 0.3 is 6.03 Å². The van der Waals surface area contributed by atoms with Crippen LogP contribution in [-0.2, 0) is 16.4 Å². The molecule has 0 heterocycles. The molecule has 120 valence electrons. The summed E-state index contributed by atoms with van der Waals surface area (Å²) in [6.07, 6.45) is 7.87. The molecule has 0 radical (unpaired) electrons. The Morgan fingerprint density at radius 1 is 1.18 bits per heavy atom. The van der Waals surface area contributed by atoms with E-state index in [1.54, 1.807) is 24.3 Å². The summed E-state index contributed by atoms with van der Waals surface area (Å²) in [5.74, 6) is 0. The zero-order valence-electron chi connectivity index (χ0n) is 12.8. The summed E-state index contributed by atoms with van der Waals surface area (Å²) in [6, 6.07) is 6.32. The molecule has 0 aliphatic heterocycles. The van der Waals surface area contributed by atoms with Gasteiger partial charge in [-0.25, -0.2) is 13.2 Å². The van der Waals surface area contributed by atoms with Crippen LogP contribution in [-0.4, -0.2) is 27.2 Å². The van der Waals surface area contributed by atoms with Crippen LogP contribution in [0.25, 0.3) is 0 Å². The van der Waals surface area contributed by atoms with Crippen LogP contribution in [0.3, 0.4) is 0 Å². The number of carbonyl (C=O) groups is 1. The first kappa shape index (κ1) is 16.5. The van der Waals surface area contributed by atoms with E-state index in [0.29, 0.717) is 13.1 Å². The number of allylic oxidation sites excluding steroid dienone is 1. The lowest BCUT2D eigenvalue weighted by molar-refractivity contribution is 0.240. The number of amides is 2. The van der Waals surface area contributed by atoms with E-state index in [9.17, 15) is 13.2 Å². The standard InChI is InChI=1S/C16H22N2O3S/c1-22(20,21)15-8-6-14(7-9-15)12-18-16(19)17-11-10-13-4-2-3-5-13/h4,6-9H,2-3,5,10-12H2,1H3,(H2,17,18,19). The van der Waals surface area contributed by atoms with Crippen LogP contribution >= 0.6 is 0 Å². The first-order valence-corrected chi connectivity index (χ1v) is 9.33. The molecule has 0 atom stereocenters. The molecule has 2 amide bonds. The van der Waals surface area contributed by atoms with Gasteiger partial charge in [0.25, 0.3) is 0 Å². The molecule has 2 rings (SSSR count). The van der Waals surface area contributed by atoms with Gasteiger partial charge in [-0.2, -0.15) is 0 Å². The van der Waals surface area contributed by atoms with Crippen molar-refractivity contribution in [1.29, 1.82) is 0 Å². The molecule has 0 unspecified atom stereocenters. The molecule has 6 heteroatoms. The van der Waals surface area contributed by atoms with Crippen molar-refractivity contribution in [1.82, 2.24) is 10.6 Å². The van der Waals surface area contributed by atoms with Gasteiger partial charge in [0.1, 0.15) is 0 Å². The maximum Gasteiger partial charge on any atom is 0.315 e. The van der Waals surface area contributed by atoms with E-state index in [2.05, 4.69) is 16.7 Å². The Bertz CT molecular complexity index is 648. The average Bonchev–Trinajstić information content (AvgIpc) is 2.98. The van der Waals surface area contributed by atoms with Gasteiger partial charge in [-0.05, 0) is 43.4 Å². The van der Waals surface area contributed by atoms with Gasteiger partial charge in [0.15, 0.2) is 9.84 Å². The Morgan fingerprint density at radius 3 is 2.50 bits per heavy atom. The second-order valence-electron chi connectivity index (χ2n) is 5.53. The molecule has 0 saturated heterocycles. The molecular weight excluding hydrogens is 300 g/mol. The third-order valence-corrected chi connectivity index (χ3v) is 4.80. The van der Waals surface area contributed by atoms with Crippen molar-refractivity contribution in [3.8, 4) is 0 Å². The Hall–Kier alpha value is -1.82. The number of hydrogen-bond acceptors (Lipinski definition) is 3. The van der Waals surface area contributed by atoms with Crippen molar-refractivity contribution in [2.24, 2.45) is 0 Å². The highest BCUT2D eigenvalue weighted by Gasteiger charge is 2.07. The summed E-state index contributed by atoms with van der Waals surface area (Å²) in [6.45, 7) is 1.02. The normalized spacial score (nSPS) is 14.5. The number of nitrogens with one attached hydrogen (secondary N) is 2. The van der Waals surface area contributed by atoms with Crippen molar-refractivity contribution in [2.45, 2.75) is 37.1 Å². The van der Waals surface area contributed by atoms with Gasteiger partial charge in [0.2, 0.25) is 0 Å². The lowest BCUT2D eigenvalue weighted by Gasteiger charge is -2.08. The molecule has 22 heavy (non-hydrogen) atoms. The molecule has 1 aromatic rings. The second kappa shape index (κ2) is 7.45. The Balaban J connectivity index is 1.71. The predicted octanol–water partition coefficient (Wildman–Crippen LogP) is 2.39. The Morgan fingerprint density at radius 2 is 1.91 bits per heavy atom. The molecule has 0 fully saturated rings. The number of sulfone groups is 1. The van der Waals surface area contributed by atoms with Gasteiger partial charge in [0, 0.05) is 19.3 Å². The summed E-state index contributed by atoms with van der Waals surface area (Å²) >= 11 is 0. The van der Waals surface area contributed by atoms with Crippen molar-refractivity contribution < 1.29 is 13.2 Å². The van der Waals surface area contributed by atoms with Crippen LogP contribution in [0.15, 0.2) is 40.8 Å². The lowest BCUT2D eigenvalue weighted by atomic mass is 10.2. The second-order valence-corrected chi connectivity index (χ2v) is 7.55. The molecule has 2 N–H and O–H groups in total. The summed E-state index contributed by atoms with van der Waals surface area (Å²) in [7, 11) is -3.18. The third-order valence-electron chi connectivity index (χ3n) is 3.67. The number of hydrogen-bond donors (Lipinski definition) is 2. The van der Waals surface area contributed by atoms with E-state index >= 15 is 0 Å². The average molecular weight is 322 g/mol. The maximum atomic E-state index is 11.7. The van der Waals surface area contributed by atoms with Crippen LogP contribution < -0.4 is 10.6 Å². The fourth-order valence-electron chi connectivity index (χ4n) is 2.40. The van der Waals surface area contributed by atoms with Gasteiger partial charge in [0.05, 0.1) is 4.90 Å². The minimum Gasteiger partial charge on any atom is -0.338 e. The first-order valence-electron chi connectivity index (χ1n) is 7.44. The minimum atomic E-state index is -3.18. The van der Waals surface area contributed by atoms with E-state index < -0.39 is 9.84 Å². The van der Waals surface area contributed by atoms with Crippen molar-refractivity contribution in [3.05, 3.63) is 41.5 Å². The van der Waals surface area contributed by atoms with Gasteiger partial charge in [-0.3, -0.25) is 0 Å². The van der Waals surface area contributed by atoms with E-state index in [1.165, 1.54) is 18.2 Å². The SMILES string of the molecule is CS(=O)(=O)c1ccc(CNC(=O)NCCC2=CCCC2)cc1. The van der Waals surface area contributed by atoms with Crippen LogP contribution in [0.5, 0.6) is 0 Å². The maximum absolute atomic E-state index is 11.7. The van der Waals surface area contributed by atoms with E-state index in [4.69, 9.17) is 0 Å². The molecule has 1 aliphatic carbocycles. The molecule has 0 saturated carbocycles. The topological polar surface area (TPSA) is 75.3 Å². The number of carbonyl (C=O) groups excluding carboxylic acids is 1. The van der Waals surface area contributed by atoms with Crippen LogP contribution in [0, 0.1) is 0 Å². The predicted molar refractivity (Wildman–Crippen MR) is 86.3 cm³/mol. The first-order chi connectivity index (χ1) is 10.4. The zero-order chi connectivity index (χ0) is 16.0. The van der Waals surface area contributed by atoms with Gasteiger partial charge in [-0.15, -0.1) is 0 Å². The Kier molecular flexibility index (Phi) is 5.60. The van der Waals surface area contributed by atoms with Crippen LogP contribution in [0.4, 0.5) is 4.79 Å². The lowest BCUT2D eigenvalue weighted by Crippen LogP contribution is -2.35. The van der Waals surface area contributed by atoms with E-state index in [-0.39, 0.29) is 10.9 Å². The van der Waals surface area contributed by atoms with E-state index in [0.717, 1.165) is 24.8 Å². The quantitative estimate of drug-likeness (QED) is 0.790. The molecule has 0 aromatic heterocycles. The molecule has 0 spiro atoms. The number of urea groups is 1. The monoisotopic (exact) mass is 322 g/mol. The van der Waals surface area contributed by atoms with Gasteiger partial charge < -0.3 is 10.6 Å². The highest BCUT2D eigenvalue weighted by Crippen LogP contribution is 2.19. The molecule has 1 aromatic carbocycles. The minimum absolute atomic E-state index is 0.203. The zero-order valence-corrected chi connectivity index (χ0v) is 13.6. The molecule has 0 bridgehead atoms. The Labute approximate surface area is 131 Å². The third kappa shape index (κ3) is 5.18. The summed E-state index contributed by atoms with van der Waals surface area (Å²) < 4.78 is 22.7. The highest BCUT2D eigenvalue weighted by atomic mass is 32.2. The molecular formula is C16H22N2O3S. The number of benzene rings is 1. The van der Waals surface area contributed by atoms with Crippen molar-refractivity contribution >= 4 is 15.9 Å². The summed E-state index contributed by atoms with van der Waals surface area (Å²) in [4.78, 5) is 12.0. The molecule has 1 aliphatic rings. The fourth-order valence-corrected chi connectivity index (χ4v) is 3.03. The summed E-state index contributed by atoms with van der Waals surface area (Å²) in [5, 5.41) is 5.59. The number of rotatable bonds is 6. The largest absolute Gasteiger partial charge is 0.338 e. The molecule has 5 nitrogen and oxygen atoms in total.